The first kappa shape index (κ1) is 13.3. The fraction of sp³-hybridized carbons (Fsp3) is 0.692. The number of thiophene rings is 1. The Labute approximate surface area is 112 Å². The van der Waals surface area contributed by atoms with E-state index < -0.39 is 0 Å². The molecule has 0 aromatic carbocycles. The minimum absolute atomic E-state index is 0.350. The average molecular weight is 274 g/mol. The summed E-state index contributed by atoms with van der Waals surface area (Å²) in [6.45, 7) is 2.54. The molecule has 1 saturated carbocycles. The maximum absolute atomic E-state index is 9.11. The summed E-state index contributed by atoms with van der Waals surface area (Å²) in [5.41, 5.74) is 0. The van der Waals surface area contributed by atoms with Crippen molar-refractivity contribution in [1.82, 2.24) is 5.32 Å². The van der Waals surface area contributed by atoms with Crippen LogP contribution >= 0.6 is 22.9 Å². The first-order valence-corrected chi connectivity index (χ1v) is 7.50. The van der Waals surface area contributed by atoms with Crippen molar-refractivity contribution in [3.63, 3.8) is 0 Å². The molecule has 0 aliphatic heterocycles. The second-order valence-electron chi connectivity index (χ2n) is 4.93. The maximum atomic E-state index is 9.11. The van der Waals surface area contributed by atoms with Gasteiger partial charge in [-0.15, -0.1) is 11.3 Å². The summed E-state index contributed by atoms with van der Waals surface area (Å²) in [5, 5.41) is 12.8. The van der Waals surface area contributed by atoms with Crippen LogP contribution in [0.4, 0.5) is 0 Å². The normalized spacial score (nSPS) is 27.0. The van der Waals surface area contributed by atoms with Gasteiger partial charge in [-0.1, -0.05) is 11.6 Å². The number of nitrogens with one attached hydrogen (secondary N) is 1. The molecule has 2 nitrogen and oxygen atoms in total. The molecule has 1 aromatic heterocycles. The van der Waals surface area contributed by atoms with Gasteiger partial charge in [-0.25, -0.2) is 0 Å². The predicted molar refractivity (Wildman–Crippen MR) is 73.7 cm³/mol. The average Bonchev–Trinajstić information content (AvgIpc) is 2.77. The van der Waals surface area contributed by atoms with Crippen LogP contribution in [0.1, 0.15) is 43.5 Å². The lowest BCUT2D eigenvalue weighted by Gasteiger charge is -2.30. The standard InChI is InChI=1S/C13H20ClNOS/c1-9(12-6-7-13(14)17-12)15-11-4-2-10(8-16)3-5-11/h6-7,9-11,15-16H,2-5,8H2,1H3. The van der Waals surface area contributed by atoms with Crippen molar-refractivity contribution >= 4 is 22.9 Å². The van der Waals surface area contributed by atoms with E-state index >= 15 is 0 Å². The fourth-order valence-corrected chi connectivity index (χ4v) is 3.58. The molecular weight excluding hydrogens is 254 g/mol. The number of aliphatic hydroxyl groups is 1. The number of hydrogen-bond donors (Lipinski definition) is 2. The van der Waals surface area contributed by atoms with E-state index in [1.165, 1.54) is 17.7 Å². The van der Waals surface area contributed by atoms with Gasteiger partial charge in [0.1, 0.15) is 0 Å². The van der Waals surface area contributed by atoms with Crippen LogP contribution in [0.5, 0.6) is 0 Å². The van der Waals surface area contributed by atoms with E-state index in [-0.39, 0.29) is 0 Å². The van der Waals surface area contributed by atoms with Crippen molar-refractivity contribution in [2.45, 2.75) is 44.7 Å². The van der Waals surface area contributed by atoms with Crippen LogP contribution in [0, 0.1) is 5.92 Å². The van der Waals surface area contributed by atoms with Crippen LogP contribution in [0.15, 0.2) is 12.1 Å². The highest BCUT2D eigenvalue weighted by atomic mass is 35.5. The lowest BCUT2D eigenvalue weighted by molar-refractivity contribution is 0.172. The Morgan fingerprint density at radius 3 is 2.65 bits per heavy atom. The van der Waals surface area contributed by atoms with E-state index in [1.807, 2.05) is 6.07 Å². The van der Waals surface area contributed by atoms with Crippen LogP contribution in [0.3, 0.4) is 0 Å². The Balaban J connectivity index is 1.81. The molecule has 2 rings (SSSR count). The van der Waals surface area contributed by atoms with E-state index in [9.17, 15) is 0 Å². The molecule has 0 saturated heterocycles. The van der Waals surface area contributed by atoms with Gasteiger partial charge < -0.3 is 10.4 Å². The minimum Gasteiger partial charge on any atom is -0.396 e. The topological polar surface area (TPSA) is 32.3 Å². The van der Waals surface area contributed by atoms with E-state index in [0.29, 0.717) is 24.6 Å². The largest absolute Gasteiger partial charge is 0.396 e. The van der Waals surface area contributed by atoms with Crippen LogP contribution in [0.2, 0.25) is 4.34 Å². The monoisotopic (exact) mass is 273 g/mol. The highest BCUT2D eigenvalue weighted by Gasteiger charge is 2.22. The second-order valence-corrected chi connectivity index (χ2v) is 6.68. The smallest absolute Gasteiger partial charge is 0.0931 e. The summed E-state index contributed by atoms with van der Waals surface area (Å²) >= 11 is 7.60. The zero-order chi connectivity index (χ0) is 12.3. The maximum Gasteiger partial charge on any atom is 0.0931 e. The van der Waals surface area contributed by atoms with Crippen LogP contribution in [-0.2, 0) is 0 Å². The van der Waals surface area contributed by atoms with Gasteiger partial charge in [0.2, 0.25) is 0 Å². The molecular formula is C13H20ClNOS. The first-order valence-electron chi connectivity index (χ1n) is 6.31. The third-order valence-corrected chi connectivity index (χ3v) is 5.03. The zero-order valence-electron chi connectivity index (χ0n) is 10.2. The molecule has 96 valence electrons. The van der Waals surface area contributed by atoms with Crippen LogP contribution < -0.4 is 5.32 Å². The van der Waals surface area contributed by atoms with Crippen molar-refractivity contribution in [1.29, 1.82) is 0 Å². The summed E-state index contributed by atoms with van der Waals surface area (Å²) in [6.07, 6.45) is 4.64. The summed E-state index contributed by atoms with van der Waals surface area (Å²) < 4.78 is 0.859. The molecule has 1 aliphatic rings. The Morgan fingerprint density at radius 2 is 2.12 bits per heavy atom. The van der Waals surface area contributed by atoms with E-state index in [4.69, 9.17) is 16.7 Å². The van der Waals surface area contributed by atoms with E-state index in [0.717, 1.165) is 17.2 Å². The second kappa shape index (κ2) is 6.19. The first-order chi connectivity index (χ1) is 8.19. The SMILES string of the molecule is CC(NC1CCC(CO)CC1)c1ccc(Cl)s1. The van der Waals surface area contributed by atoms with Gasteiger partial charge in [-0.3, -0.25) is 0 Å². The molecule has 0 radical (unpaired) electrons. The molecule has 1 fully saturated rings. The van der Waals surface area contributed by atoms with Gasteiger partial charge in [0, 0.05) is 23.6 Å². The highest BCUT2D eigenvalue weighted by molar-refractivity contribution is 7.16. The molecule has 17 heavy (non-hydrogen) atoms. The van der Waals surface area contributed by atoms with Gasteiger partial charge in [0.25, 0.3) is 0 Å². The number of hydrogen-bond acceptors (Lipinski definition) is 3. The molecule has 0 spiro atoms. The Morgan fingerprint density at radius 1 is 1.41 bits per heavy atom. The molecule has 1 heterocycles. The van der Waals surface area contributed by atoms with E-state index in [2.05, 4.69) is 18.3 Å². The highest BCUT2D eigenvalue weighted by Crippen LogP contribution is 2.29. The van der Waals surface area contributed by atoms with E-state index in [1.54, 1.807) is 11.3 Å². The lowest BCUT2D eigenvalue weighted by atomic mass is 9.86. The molecule has 0 bridgehead atoms. The molecule has 0 amide bonds. The minimum atomic E-state index is 0.350. The van der Waals surface area contributed by atoms with Crippen molar-refractivity contribution in [2.24, 2.45) is 5.92 Å². The quantitative estimate of drug-likeness (QED) is 0.879. The zero-order valence-corrected chi connectivity index (χ0v) is 11.7. The Bertz CT molecular complexity index is 347. The number of rotatable bonds is 4. The fourth-order valence-electron chi connectivity index (χ4n) is 2.51. The van der Waals surface area contributed by atoms with Crippen LogP contribution in [0.25, 0.3) is 0 Å². The lowest BCUT2D eigenvalue weighted by Crippen LogP contribution is -2.35. The van der Waals surface area contributed by atoms with Gasteiger partial charge >= 0.3 is 0 Å². The number of halogens is 1. The summed E-state index contributed by atoms with van der Waals surface area (Å²) in [4.78, 5) is 1.30. The summed E-state index contributed by atoms with van der Waals surface area (Å²) in [7, 11) is 0. The van der Waals surface area contributed by atoms with Gasteiger partial charge in [0.05, 0.1) is 4.34 Å². The molecule has 1 atom stereocenters. The molecule has 1 unspecified atom stereocenters. The molecule has 2 N–H and O–H groups in total. The van der Waals surface area contributed by atoms with Crippen molar-refractivity contribution in [2.75, 3.05) is 6.61 Å². The van der Waals surface area contributed by atoms with Gasteiger partial charge in [-0.05, 0) is 50.7 Å². The third kappa shape index (κ3) is 3.68. The van der Waals surface area contributed by atoms with Crippen LogP contribution in [-0.4, -0.2) is 17.8 Å². The summed E-state index contributed by atoms with van der Waals surface area (Å²) in [5.74, 6) is 0.527. The predicted octanol–water partition coefficient (Wildman–Crippen LogP) is 3.60. The summed E-state index contributed by atoms with van der Waals surface area (Å²) in [6, 6.07) is 5.03. The third-order valence-electron chi connectivity index (χ3n) is 3.61. The van der Waals surface area contributed by atoms with Gasteiger partial charge in [-0.2, -0.15) is 0 Å². The molecule has 1 aromatic rings. The Hall–Kier alpha value is -0.0900. The van der Waals surface area contributed by atoms with Crippen molar-refractivity contribution in [3.05, 3.63) is 21.3 Å². The Kier molecular flexibility index (Phi) is 4.86. The van der Waals surface area contributed by atoms with Gasteiger partial charge in [0.15, 0.2) is 0 Å². The molecule has 4 heteroatoms. The molecule has 1 aliphatic carbocycles. The number of aliphatic hydroxyl groups excluding tert-OH is 1. The van der Waals surface area contributed by atoms with Crippen molar-refractivity contribution < 1.29 is 5.11 Å². The van der Waals surface area contributed by atoms with Crippen molar-refractivity contribution in [3.8, 4) is 0 Å².